The van der Waals surface area contributed by atoms with Crippen molar-refractivity contribution < 1.29 is 16.8 Å². The fourth-order valence-corrected chi connectivity index (χ4v) is 5.47. The van der Waals surface area contributed by atoms with Gasteiger partial charge >= 0.3 is 0 Å². The van der Waals surface area contributed by atoms with E-state index in [-0.39, 0.29) is 22.2 Å². The van der Waals surface area contributed by atoms with E-state index in [1.165, 1.54) is 35.6 Å². The van der Waals surface area contributed by atoms with Crippen molar-refractivity contribution in [3.05, 3.63) is 24.3 Å². The highest BCUT2D eigenvalue weighted by Gasteiger charge is 2.32. The van der Waals surface area contributed by atoms with Crippen LogP contribution in [0.2, 0.25) is 0 Å². The first-order chi connectivity index (χ1) is 11.8. The Morgan fingerprint density at radius 1 is 1.00 bits per heavy atom. The number of rotatable bonds is 5. The highest BCUT2D eigenvalue weighted by atomic mass is 35.5. The van der Waals surface area contributed by atoms with Gasteiger partial charge in [0, 0.05) is 38.8 Å². The number of nitrogens with zero attached hydrogens (tertiary/aromatic N) is 2. The first-order valence-corrected chi connectivity index (χ1v) is 11.3. The van der Waals surface area contributed by atoms with Crippen molar-refractivity contribution in [2.24, 2.45) is 0 Å². The van der Waals surface area contributed by atoms with Crippen LogP contribution in [0.3, 0.4) is 0 Å². The Morgan fingerprint density at radius 2 is 1.58 bits per heavy atom. The van der Waals surface area contributed by atoms with Crippen LogP contribution in [-0.4, -0.2) is 78.4 Å². The van der Waals surface area contributed by atoms with Crippen molar-refractivity contribution in [3.63, 3.8) is 0 Å². The number of sulfonamides is 2. The first kappa shape index (κ1) is 21.5. The molecule has 11 heteroatoms. The van der Waals surface area contributed by atoms with Crippen molar-refractivity contribution >= 4 is 32.5 Å². The van der Waals surface area contributed by atoms with E-state index >= 15 is 0 Å². The molecule has 0 amide bonds. The zero-order valence-corrected chi connectivity index (χ0v) is 17.0. The second-order valence-electron chi connectivity index (χ2n) is 6.27. The molecule has 2 saturated heterocycles. The average molecular weight is 425 g/mol. The molecule has 2 fully saturated rings. The molecule has 1 aromatic rings. The number of halogens is 1. The summed E-state index contributed by atoms with van der Waals surface area (Å²) in [6.45, 7) is 4.33. The van der Waals surface area contributed by atoms with Gasteiger partial charge in [0.15, 0.2) is 0 Å². The lowest BCUT2D eigenvalue weighted by Gasteiger charge is -2.37. The number of hydrogen-bond donors (Lipinski definition) is 2. The lowest BCUT2D eigenvalue weighted by atomic mass is 10.2. The third-order valence-electron chi connectivity index (χ3n) is 4.86. The van der Waals surface area contributed by atoms with Gasteiger partial charge in [-0.05, 0) is 44.3 Å². The Bertz CT molecular complexity index is 801. The summed E-state index contributed by atoms with van der Waals surface area (Å²) in [5.74, 6) is 0. The minimum atomic E-state index is -3.60. The maximum atomic E-state index is 12.8. The van der Waals surface area contributed by atoms with Crippen molar-refractivity contribution in [1.29, 1.82) is 0 Å². The zero-order chi connectivity index (χ0) is 18.1. The first-order valence-electron chi connectivity index (χ1n) is 8.33. The fraction of sp³-hybridized carbons (Fsp3) is 0.600. The van der Waals surface area contributed by atoms with E-state index in [9.17, 15) is 16.8 Å². The Hall–Kier alpha value is -0.750. The van der Waals surface area contributed by atoms with Crippen molar-refractivity contribution in [2.75, 3.05) is 46.3 Å². The molecule has 0 bridgehead atoms. The van der Waals surface area contributed by atoms with Crippen LogP contribution >= 0.6 is 12.4 Å². The topological polar surface area (TPSA) is 98.8 Å². The Balaban J connectivity index is 0.00000243. The van der Waals surface area contributed by atoms with Crippen molar-refractivity contribution in [1.82, 2.24) is 19.2 Å². The predicted octanol–water partition coefficient (Wildman–Crippen LogP) is -0.315. The van der Waals surface area contributed by atoms with E-state index in [4.69, 9.17) is 0 Å². The van der Waals surface area contributed by atoms with E-state index < -0.39 is 20.0 Å². The highest BCUT2D eigenvalue weighted by Crippen LogP contribution is 2.21. The van der Waals surface area contributed by atoms with Gasteiger partial charge in [0.1, 0.15) is 0 Å². The van der Waals surface area contributed by atoms with Gasteiger partial charge in [0.25, 0.3) is 0 Å². The van der Waals surface area contributed by atoms with Crippen LogP contribution in [0.1, 0.15) is 6.42 Å². The molecule has 3 rings (SSSR count). The number of benzene rings is 1. The van der Waals surface area contributed by atoms with Crippen LogP contribution in [0, 0.1) is 0 Å². The minimum absolute atomic E-state index is 0. The third kappa shape index (κ3) is 4.38. The molecular weight excluding hydrogens is 400 g/mol. The monoisotopic (exact) mass is 424 g/mol. The van der Waals surface area contributed by atoms with Gasteiger partial charge in [-0.3, -0.25) is 4.90 Å². The van der Waals surface area contributed by atoms with Crippen molar-refractivity contribution in [2.45, 2.75) is 22.3 Å². The van der Waals surface area contributed by atoms with E-state index in [1.54, 1.807) is 0 Å². The van der Waals surface area contributed by atoms with Gasteiger partial charge in [0.05, 0.1) is 9.79 Å². The molecule has 2 N–H and O–H groups in total. The number of hydrogen-bond acceptors (Lipinski definition) is 6. The van der Waals surface area contributed by atoms with Crippen LogP contribution < -0.4 is 10.0 Å². The summed E-state index contributed by atoms with van der Waals surface area (Å²) >= 11 is 0. The molecule has 1 atom stereocenters. The lowest BCUT2D eigenvalue weighted by molar-refractivity contribution is 0.145. The van der Waals surface area contributed by atoms with Crippen LogP contribution in [0.4, 0.5) is 0 Å². The lowest BCUT2D eigenvalue weighted by Crippen LogP contribution is -2.52. The molecule has 0 spiro atoms. The van der Waals surface area contributed by atoms with Gasteiger partial charge < -0.3 is 5.32 Å². The summed E-state index contributed by atoms with van der Waals surface area (Å²) in [5.41, 5.74) is 0. The second-order valence-corrected chi connectivity index (χ2v) is 10.1. The molecule has 0 aliphatic carbocycles. The SMILES string of the molecule is CNS(=O)(=O)c1ccc(S(=O)(=O)N2CCN(C3CCNC3)CC2)cc1.Cl. The molecule has 148 valence electrons. The third-order valence-corrected chi connectivity index (χ3v) is 8.21. The molecule has 0 radical (unpaired) electrons. The second kappa shape index (κ2) is 8.51. The number of nitrogens with one attached hydrogen (secondary N) is 2. The smallest absolute Gasteiger partial charge is 0.243 e. The molecule has 1 aromatic carbocycles. The Labute approximate surface area is 161 Å². The number of piperazine rings is 1. The quantitative estimate of drug-likeness (QED) is 0.672. The molecule has 2 aliphatic heterocycles. The van der Waals surface area contributed by atoms with Crippen LogP contribution in [0.5, 0.6) is 0 Å². The average Bonchev–Trinajstić information content (AvgIpc) is 3.16. The summed E-state index contributed by atoms with van der Waals surface area (Å²) in [6, 6.07) is 5.84. The maximum absolute atomic E-state index is 12.8. The normalized spacial score (nSPS) is 22.9. The Morgan fingerprint density at radius 3 is 2.08 bits per heavy atom. The summed E-state index contributed by atoms with van der Waals surface area (Å²) in [4.78, 5) is 2.51. The summed E-state index contributed by atoms with van der Waals surface area (Å²) in [6.07, 6.45) is 1.11. The van der Waals surface area contributed by atoms with E-state index in [1.807, 2.05) is 0 Å². The zero-order valence-electron chi connectivity index (χ0n) is 14.6. The van der Waals surface area contributed by atoms with E-state index in [0.29, 0.717) is 19.1 Å². The summed E-state index contributed by atoms with van der Waals surface area (Å²) < 4.78 is 52.7. The van der Waals surface area contributed by atoms with Crippen LogP contribution in [0.15, 0.2) is 34.1 Å². The molecule has 0 aromatic heterocycles. The molecule has 26 heavy (non-hydrogen) atoms. The van der Waals surface area contributed by atoms with Gasteiger partial charge in [-0.25, -0.2) is 21.6 Å². The molecule has 0 saturated carbocycles. The van der Waals surface area contributed by atoms with Gasteiger partial charge in [-0.2, -0.15) is 4.31 Å². The van der Waals surface area contributed by atoms with E-state index in [0.717, 1.165) is 32.6 Å². The molecule has 2 heterocycles. The summed E-state index contributed by atoms with van der Waals surface area (Å²) in [7, 11) is -5.86. The molecule has 1 unspecified atom stereocenters. The largest absolute Gasteiger partial charge is 0.315 e. The fourth-order valence-electron chi connectivity index (χ4n) is 3.32. The molecule has 2 aliphatic rings. The predicted molar refractivity (Wildman–Crippen MR) is 102 cm³/mol. The molecular formula is C15H25ClN4O4S2. The Kier molecular flexibility index (Phi) is 7.05. The maximum Gasteiger partial charge on any atom is 0.243 e. The molecule has 8 nitrogen and oxygen atoms in total. The van der Waals surface area contributed by atoms with Crippen LogP contribution in [-0.2, 0) is 20.0 Å². The minimum Gasteiger partial charge on any atom is -0.315 e. The standard InChI is InChI=1S/C15H24N4O4S2.ClH/c1-16-24(20,21)14-2-4-15(5-3-14)25(22,23)19-10-8-18(9-11-19)13-6-7-17-12-13;/h2-5,13,16-17H,6-12H2,1H3;1H. The van der Waals surface area contributed by atoms with Gasteiger partial charge in [-0.15, -0.1) is 12.4 Å². The van der Waals surface area contributed by atoms with E-state index in [2.05, 4.69) is 14.9 Å². The summed E-state index contributed by atoms with van der Waals surface area (Å²) in [5, 5.41) is 3.33. The highest BCUT2D eigenvalue weighted by molar-refractivity contribution is 7.89. The van der Waals surface area contributed by atoms with Gasteiger partial charge in [0.2, 0.25) is 20.0 Å². The van der Waals surface area contributed by atoms with Crippen molar-refractivity contribution in [3.8, 4) is 0 Å². The van der Waals surface area contributed by atoms with Crippen LogP contribution in [0.25, 0.3) is 0 Å². The van der Waals surface area contributed by atoms with Gasteiger partial charge in [-0.1, -0.05) is 0 Å².